The molecule has 0 amide bonds. The van der Waals surface area contributed by atoms with E-state index in [2.05, 4.69) is 5.14 Å². The fourth-order valence-electron chi connectivity index (χ4n) is 0.161. The minimum absolute atomic E-state index is 2.93. The van der Waals surface area contributed by atoms with E-state index in [1.807, 2.05) is 0 Å². The molecule has 0 saturated carbocycles. The Kier molecular flexibility index (Phi) is 2.06. The van der Waals surface area contributed by atoms with Gasteiger partial charge in [-0.05, 0) is 0 Å². The summed E-state index contributed by atoms with van der Waals surface area (Å²) in [6, 6.07) is 0. The maximum absolute atomic E-state index is 11.1. The first kappa shape index (κ1) is 9.37. The van der Waals surface area contributed by atoms with Crippen LogP contribution in [0.25, 0.3) is 0 Å². The molecule has 0 rings (SSSR count). The number of sulfonamides is 1. The molecule has 60 valence electrons. The topological polar surface area (TPSA) is 77.2 Å². The van der Waals surface area contributed by atoms with E-state index < -0.39 is 21.3 Å². The predicted molar refractivity (Wildman–Crippen MR) is 24.2 cm³/mol. The number of carbonyl (C=O) groups excluding carboxylic acids is 1. The molecule has 2 N–H and O–H groups in total. The minimum Gasteiger partial charge on any atom is -0.270 e. The van der Waals surface area contributed by atoms with Crippen molar-refractivity contribution >= 4 is 15.1 Å². The van der Waals surface area contributed by atoms with Crippen molar-refractivity contribution in [2.45, 2.75) is 6.18 Å². The van der Waals surface area contributed by atoms with Crippen LogP contribution in [-0.4, -0.2) is 19.7 Å². The summed E-state index contributed by atoms with van der Waals surface area (Å²) >= 11 is 0. The number of hydrogen-bond acceptors (Lipinski definition) is 3. The van der Waals surface area contributed by atoms with Gasteiger partial charge >= 0.3 is 11.3 Å². The second-order valence-corrected chi connectivity index (χ2v) is 2.79. The van der Waals surface area contributed by atoms with Crippen LogP contribution < -0.4 is 5.14 Å². The molecule has 0 bridgehead atoms. The van der Waals surface area contributed by atoms with Crippen molar-refractivity contribution in [1.82, 2.24) is 0 Å². The third-order valence-corrected chi connectivity index (χ3v) is 1.24. The zero-order valence-corrected chi connectivity index (χ0v) is 5.16. The van der Waals surface area contributed by atoms with E-state index in [0.717, 1.165) is 0 Å². The van der Waals surface area contributed by atoms with Crippen molar-refractivity contribution in [2.24, 2.45) is 5.14 Å². The summed E-state index contributed by atoms with van der Waals surface area (Å²) in [5.74, 6) is 0. The highest BCUT2D eigenvalue weighted by molar-refractivity contribution is 8.04. The molecular formula is C2H2F3NO3S. The Bertz CT molecular complexity index is 239. The Morgan fingerprint density at radius 3 is 1.60 bits per heavy atom. The molecule has 0 aromatic carbocycles. The summed E-state index contributed by atoms with van der Waals surface area (Å²) in [4.78, 5) is 9.65. The van der Waals surface area contributed by atoms with Gasteiger partial charge in [-0.15, -0.1) is 0 Å². The van der Waals surface area contributed by atoms with Crippen molar-refractivity contribution in [2.75, 3.05) is 0 Å². The summed E-state index contributed by atoms with van der Waals surface area (Å²) in [5.41, 5.74) is 0. The average Bonchev–Trinajstić information content (AvgIpc) is 1.59. The first-order chi connectivity index (χ1) is 4.15. The van der Waals surface area contributed by atoms with Gasteiger partial charge in [-0.2, -0.15) is 13.2 Å². The molecule has 0 atom stereocenters. The Morgan fingerprint density at radius 2 is 1.60 bits per heavy atom. The molecule has 0 saturated heterocycles. The maximum atomic E-state index is 11.1. The van der Waals surface area contributed by atoms with Crippen LogP contribution in [0.5, 0.6) is 0 Å². The molecular weight excluding hydrogens is 175 g/mol. The normalized spacial score (nSPS) is 13.2. The number of alkyl halides is 3. The standard InChI is InChI=1S/C2H2F3NO3S/c3-2(4,5)1(7)10(6,8)9/h(H2,6,8,9). The van der Waals surface area contributed by atoms with Gasteiger partial charge in [-0.25, -0.2) is 13.6 Å². The van der Waals surface area contributed by atoms with Crippen molar-refractivity contribution in [3.8, 4) is 0 Å². The van der Waals surface area contributed by atoms with E-state index in [4.69, 9.17) is 0 Å². The molecule has 0 radical (unpaired) electrons. The second kappa shape index (κ2) is 2.20. The third kappa shape index (κ3) is 2.31. The molecule has 0 aromatic heterocycles. The van der Waals surface area contributed by atoms with Gasteiger partial charge in [-0.1, -0.05) is 0 Å². The van der Waals surface area contributed by atoms with Gasteiger partial charge in [0, 0.05) is 0 Å². The number of carbonyl (C=O) groups is 1. The number of halogens is 3. The summed E-state index contributed by atoms with van der Waals surface area (Å²) in [5, 5.41) is 0.937. The van der Waals surface area contributed by atoms with Gasteiger partial charge in [0.2, 0.25) is 0 Å². The zero-order valence-electron chi connectivity index (χ0n) is 4.34. The Labute approximate surface area is 53.9 Å². The molecule has 0 unspecified atom stereocenters. The van der Waals surface area contributed by atoms with Gasteiger partial charge in [0.1, 0.15) is 0 Å². The van der Waals surface area contributed by atoms with E-state index in [-0.39, 0.29) is 0 Å². The van der Waals surface area contributed by atoms with E-state index >= 15 is 0 Å². The lowest BCUT2D eigenvalue weighted by atomic mass is 10.8. The zero-order chi connectivity index (χ0) is 8.58. The van der Waals surface area contributed by atoms with Crippen LogP contribution in [0.1, 0.15) is 0 Å². The van der Waals surface area contributed by atoms with Gasteiger partial charge in [0.25, 0.3) is 10.0 Å². The van der Waals surface area contributed by atoms with E-state index in [1.165, 1.54) is 0 Å². The highest BCUT2D eigenvalue weighted by Gasteiger charge is 2.45. The predicted octanol–water partition coefficient (Wildman–Crippen LogP) is -0.636. The first-order valence-electron chi connectivity index (χ1n) is 1.79. The second-order valence-electron chi connectivity index (χ2n) is 1.33. The van der Waals surface area contributed by atoms with E-state index in [0.29, 0.717) is 0 Å². The Balaban J connectivity index is 4.75. The molecule has 4 nitrogen and oxygen atoms in total. The summed E-state index contributed by atoms with van der Waals surface area (Å²) in [6.45, 7) is 0. The van der Waals surface area contributed by atoms with Crippen LogP contribution in [0.4, 0.5) is 13.2 Å². The summed E-state index contributed by atoms with van der Waals surface area (Å²) in [7, 11) is -5.12. The lowest BCUT2D eigenvalue weighted by molar-refractivity contribution is -0.161. The van der Waals surface area contributed by atoms with Crippen molar-refractivity contribution in [1.29, 1.82) is 0 Å². The fraction of sp³-hybridized carbons (Fsp3) is 0.500. The number of primary sulfonamides is 1. The van der Waals surface area contributed by atoms with Crippen molar-refractivity contribution in [3.05, 3.63) is 0 Å². The van der Waals surface area contributed by atoms with Crippen molar-refractivity contribution < 1.29 is 26.4 Å². The molecule has 0 fully saturated rings. The highest BCUT2D eigenvalue weighted by atomic mass is 32.2. The quantitative estimate of drug-likeness (QED) is 0.534. The van der Waals surface area contributed by atoms with Gasteiger partial charge in [0.05, 0.1) is 0 Å². The number of hydrogen-bond donors (Lipinski definition) is 1. The summed E-state index contributed by atoms with van der Waals surface area (Å²) < 4.78 is 52.8. The smallest absolute Gasteiger partial charge is 0.270 e. The first-order valence-corrected chi connectivity index (χ1v) is 3.34. The maximum Gasteiger partial charge on any atom is 0.467 e. The minimum atomic E-state index is -5.41. The van der Waals surface area contributed by atoms with Crippen LogP contribution in [0.15, 0.2) is 0 Å². The van der Waals surface area contributed by atoms with Gasteiger partial charge in [-0.3, -0.25) is 4.79 Å². The molecule has 0 aliphatic carbocycles. The van der Waals surface area contributed by atoms with Crippen LogP contribution >= 0.6 is 0 Å². The van der Waals surface area contributed by atoms with E-state index in [9.17, 15) is 26.4 Å². The molecule has 0 spiro atoms. The van der Waals surface area contributed by atoms with Gasteiger partial charge in [0.15, 0.2) is 0 Å². The van der Waals surface area contributed by atoms with Crippen LogP contribution in [0, 0.1) is 0 Å². The highest BCUT2D eigenvalue weighted by Crippen LogP contribution is 2.17. The molecule has 10 heavy (non-hydrogen) atoms. The molecule has 0 aromatic rings. The molecule has 0 aliphatic heterocycles. The van der Waals surface area contributed by atoms with Gasteiger partial charge < -0.3 is 0 Å². The fourth-order valence-corrected chi connectivity index (χ4v) is 0.484. The average molecular weight is 177 g/mol. The molecule has 0 heterocycles. The number of nitrogens with two attached hydrogens (primary N) is 1. The SMILES string of the molecule is NS(=O)(=O)C(=O)C(F)(F)F. The van der Waals surface area contributed by atoms with Crippen LogP contribution in [0.3, 0.4) is 0 Å². The Morgan fingerprint density at radius 1 is 1.30 bits per heavy atom. The van der Waals surface area contributed by atoms with Crippen LogP contribution in [-0.2, 0) is 14.8 Å². The summed E-state index contributed by atoms with van der Waals surface area (Å²) in [6.07, 6.45) is -5.41. The lowest BCUT2D eigenvalue weighted by Gasteiger charge is -2.00. The molecule has 8 heteroatoms. The van der Waals surface area contributed by atoms with Crippen LogP contribution in [0.2, 0.25) is 0 Å². The molecule has 0 aliphatic rings. The number of rotatable bonds is 0. The largest absolute Gasteiger partial charge is 0.467 e. The Hall–Kier alpha value is -0.630. The van der Waals surface area contributed by atoms with E-state index in [1.54, 1.807) is 0 Å². The van der Waals surface area contributed by atoms with Crippen molar-refractivity contribution in [3.63, 3.8) is 0 Å². The monoisotopic (exact) mass is 177 g/mol. The lowest BCUT2D eigenvalue weighted by Crippen LogP contribution is -2.35. The third-order valence-electron chi connectivity index (χ3n) is 0.490.